The smallest absolute Gasteiger partial charge is 0.407 e. The van der Waals surface area contributed by atoms with Crippen LogP contribution in [0, 0.1) is 11.8 Å². The Bertz CT molecular complexity index is 860. The molecule has 1 saturated heterocycles. The van der Waals surface area contributed by atoms with Gasteiger partial charge < -0.3 is 19.9 Å². The van der Waals surface area contributed by atoms with E-state index in [1.165, 1.54) is 11.1 Å². The molecule has 1 aliphatic heterocycles. The zero-order valence-electron chi connectivity index (χ0n) is 16.9. The normalized spacial score (nSPS) is 17.1. The van der Waals surface area contributed by atoms with E-state index in [2.05, 4.69) is 29.6 Å². The van der Waals surface area contributed by atoms with Crippen molar-refractivity contribution in [2.45, 2.75) is 25.2 Å². The number of carbonyl (C=O) groups excluding carboxylic acids is 1. The third kappa shape index (κ3) is 4.49. The van der Waals surface area contributed by atoms with Gasteiger partial charge in [-0.25, -0.2) is 4.79 Å². The Balaban J connectivity index is 1.33. The van der Waals surface area contributed by atoms with Crippen LogP contribution in [-0.4, -0.2) is 43.5 Å². The van der Waals surface area contributed by atoms with E-state index in [1.54, 1.807) is 0 Å². The van der Waals surface area contributed by atoms with E-state index in [4.69, 9.17) is 9.47 Å². The third-order valence-electron chi connectivity index (χ3n) is 6.14. The Morgan fingerprint density at radius 1 is 1.03 bits per heavy atom. The van der Waals surface area contributed by atoms with Crippen LogP contribution < -0.4 is 5.32 Å². The third-order valence-corrected chi connectivity index (χ3v) is 6.14. The Hall–Kier alpha value is -2.86. The number of nitrogens with one attached hydrogen (secondary N) is 1. The fraction of sp³-hybridized carbons (Fsp3) is 0.417. The van der Waals surface area contributed by atoms with Gasteiger partial charge in [0.15, 0.2) is 0 Å². The summed E-state index contributed by atoms with van der Waals surface area (Å²) in [5.74, 6) is -1.20. The summed E-state index contributed by atoms with van der Waals surface area (Å²) in [6.45, 7) is 1.65. The molecule has 1 atom stereocenters. The Kier molecular flexibility index (Phi) is 6.33. The first-order chi connectivity index (χ1) is 14.6. The lowest BCUT2D eigenvalue weighted by Crippen LogP contribution is -2.35. The summed E-state index contributed by atoms with van der Waals surface area (Å²) in [6.07, 6.45) is 1.71. The summed E-state index contributed by atoms with van der Waals surface area (Å²) in [7, 11) is 0. The van der Waals surface area contributed by atoms with Gasteiger partial charge in [-0.15, -0.1) is 0 Å². The van der Waals surface area contributed by atoms with Gasteiger partial charge in [0.1, 0.15) is 6.61 Å². The van der Waals surface area contributed by atoms with Crippen LogP contribution in [-0.2, 0) is 14.3 Å². The lowest BCUT2D eigenvalue weighted by Gasteiger charge is -2.25. The molecule has 158 valence electrons. The zero-order chi connectivity index (χ0) is 20.9. The summed E-state index contributed by atoms with van der Waals surface area (Å²) >= 11 is 0. The average Bonchev–Trinajstić information content (AvgIpc) is 3.09. The number of hydrogen-bond acceptors (Lipinski definition) is 4. The molecule has 0 spiro atoms. The van der Waals surface area contributed by atoms with Crippen molar-refractivity contribution in [3.8, 4) is 11.1 Å². The number of carboxylic acid groups (broad SMARTS) is 1. The average molecular weight is 409 g/mol. The Labute approximate surface area is 176 Å². The van der Waals surface area contributed by atoms with Crippen LogP contribution in [0.25, 0.3) is 11.1 Å². The lowest BCUT2D eigenvalue weighted by molar-refractivity contribution is -0.142. The highest BCUT2D eigenvalue weighted by atomic mass is 16.5. The molecule has 6 heteroatoms. The molecule has 1 unspecified atom stereocenters. The van der Waals surface area contributed by atoms with E-state index in [0.717, 1.165) is 24.0 Å². The Morgan fingerprint density at radius 3 is 2.23 bits per heavy atom. The van der Waals surface area contributed by atoms with Crippen molar-refractivity contribution in [1.29, 1.82) is 0 Å². The van der Waals surface area contributed by atoms with Crippen LogP contribution in [0.1, 0.15) is 36.3 Å². The van der Waals surface area contributed by atoms with Crippen molar-refractivity contribution in [1.82, 2.24) is 5.32 Å². The minimum atomic E-state index is -0.888. The first-order valence-corrected chi connectivity index (χ1v) is 10.5. The van der Waals surface area contributed by atoms with Gasteiger partial charge in [-0.05, 0) is 47.4 Å². The molecule has 2 N–H and O–H groups in total. The SMILES string of the molecule is O=C(NCC(CC1CCOCC1)C(=O)O)OCC1c2ccccc2-c2ccccc21. The van der Waals surface area contributed by atoms with Gasteiger partial charge in [-0.2, -0.15) is 0 Å². The molecule has 2 aromatic carbocycles. The van der Waals surface area contributed by atoms with E-state index in [9.17, 15) is 14.7 Å². The molecule has 1 heterocycles. The number of alkyl carbamates (subject to hydrolysis) is 1. The van der Waals surface area contributed by atoms with Crippen LogP contribution in [0.5, 0.6) is 0 Å². The standard InChI is InChI=1S/C24H27NO5/c26-23(27)17(13-16-9-11-29-12-10-16)14-25-24(28)30-15-22-20-7-3-1-5-18(20)19-6-2-4-8-21(19)22/h1-8,16-17,22H,9-15H2,(H,25,28)(H,26,27). The lowest BCUT2D eigenvalue weighted by atomic mass is 9.89. The predicted octanol–water partition coefficient (Wildman–Crippen LogP) is 4.04. The maximum absolute atomic E-state index is 12.3. The van der Waals surface area contributed by atoms with Gasteiger partial charge in [0.25, 0.3) is 0 Å². The van der Waals surface area contributed by atoms with Crippen molar-refractivity contribution in [3.05, 3.63) is 59.7 Å². The first-order valence-electron chi connectivity index (χ1n) is 10.5. The second-order valence-electron chi connectivity index (χ2n) is 8.03. The number of hydrogen-bond donors (Lipinski definition) is 2. The molecule has 2 aliphatic rings. The number of benzene rings is 2. The van der Waals surface area contributed by atoms with Crippen molar-refractivity contribution in [2.75, 3.05) is 26.4 Å². The number of carbonyl (C=O) groups is 2. The number of amides is 1. The highest BCUT2D eigenvalue weighted by molar-refractivity contribution is 5.79. The molecule has 4 rings (SSSR count). The quantitative estimate of drug-likeness (QED) is 0.721. The monoisotopic (exact) mass is 409 g/mol. The van der Waals surface area contributed by atoms with Gasteiger partial charge in [-0.3, -0.25) is 4.79 Å². The number of ether oxygens (including phenoxy) is 2. The van der Waals surface area contributed by atoms with Crippen LogP contribution in [0.3, 0.4) is 0 Å². The fourth-order valence-corrected chi connectivity index (χ4v) is 4.51. The summed E-state index contributed by atoms with van der Waals surface area (Å²) in [5.41, 5.74) is 4.64. The van der Waals surface area contributed by atoms with Gasteiger partial charge in [-0.1, -0.05) is 48.5 Å². The molecule has 6 nitrogen and oxygen atoms in total. The molecule has 1 fully saturated rings. The van der Waals surface area contributed by atoms with Crippen molar-refractivity contribution in [2.24, 2.45) is 11.8 Å². The molecule has 0 radical (unpaired) electrons. The molecule has 0 bridgehead atoms. The van der Waals surface area contributed by atoms with Gasteiger partial charge in [0.2, 0.25) is 0 Å². The second-order valence-corrected chi connectivity index (χ2v) is 8.03. The van der Waals surface area contributed by atoms with Gasteiger partial charge >= 0.3 is 12.1 Å². The molecule has 1 amide bonds. The minimum absolute atomic E-state index is 0.0133. The molecule has 30 heavy (non-hydrogen) atoms. The van der Waals surface area contributed by atoms with E-state index in [1.807, 2.05) is 24.3 Å². The van der Waals surface area contributed by atoms with E-state index in [0.29, 0.717) is 25.6 Å². The number of fused-ring (bicyclic) bond motifs is 3. The van der Waals surface area contributed by atoms with E-state index in [-0.39, 0.29) is 19.1 Å². The van der Waals surface area contributed by atoms with Crippen LogP contribution in [0.4, 0.5) is 4.79 Å². The predicted molar refractivity (Wildman–Crippen MR) is 112 cm³/mol. The summed E-state index contributed by atoms with van der Waals surface area (Å²) < 4.78 is 10.8. The van der Waals surface area contributed by atoms with Crippen LogP contribution in [0.15, 0.2) is 48.5 Å². The molecular formula is C24H27NO5. The van der Waals surface area contributed by atoms with E-state index < -0.39 is 18.0 Å². The van der Waals surface area contributed by atoms with Crippen LogP contribution in [0.2, 0.25) is 0 Å². The maximum atomic E-state index is 12.3. The van der Waals surface area contributed by atoms with Gasteiger partial charge in [0, 0.05) is 25.7 Å². The molecule has 0 aromatic heterocycles. The van der Waals surface area contributed by atoms with Crippen molar-refractivity contribution < 1.29 is 24.2 Å². The number of aliphatic carboxylic acids is 1. The Morgan fingerprint density at radius 2 is 1.63 bits per heavy atom. The van der Waals surface area contributed by atoms with Gasteiger partial charge in [0.05, 0.1) is 5.92 Å². The topological polar surface area (TPSA) is 84.9 Å². The number of rotatable bonds is 7. The summed E-state index contributed by atoms with van der Waals surface area (Å²) in [5, 5.41) is 12.2. The highest BCUT2D eigenvalue weighted by Gasteiger charge is 2.29. The largest absolute Gasteiger partial charge is 0.481 e. The molecule has 0 saturated carbocycles. The van der Waals surface area contributed by atoms with Crippen LogP contribution >= 0.6 is 0 Å². The van der Waals surface area contributed by atoms with Crippen molar-refractivity contribution >= 4 is 12.1 Å². The summed E-state index contributed by atoms with van der Waals surface area (Å²) in [4.78, 5) is 23.9. The zero-order valence-corrected chi connectivity index (χ0v) is 16.9. The molecule has 1 aliphatic carbocycles. The fourth-order valence-electron chi connectivity index (χ4n) is 4.51. The first kappa shape index (κ1) is 20.4. The van der Waals surface area contributed by atoms with Crippen molar-refractivity contribution in [3.63, 3.8) is 0 Å². The molecular weight excluding hydrogens is 382 g/mol. The maximum Gasteiger partial charge on any atom is 0.407 e. The minimum Gasteiger partial charge on any atom is -0.481 e. The highest BCUT2D eigenvalue weighted by Crippen LogP contribution is 2.44. The molecule has 2 aromatic rings. The second kappa shape index (κ2) is 9.30. The number of carboxylic acids is 1. The van der Waals surface area contributed by atoms with E-state index >= 15 is 0 Å². The summed E-state index contributed by atoms with van der Waals surface area (Å²) in [6, 6.07) is 16.3.